The number of piperazine rings is 1. The van der Waals surface area contributed by atoms with Gasteiger partial charge in [-0.2, -0.15) is 0 Å². The number of nitrogens with one attached hydrogen (secondary N) is 1. The maximum atomic E-state index is 3.58. The average molecular weight is 247 g/mol. The number of rotatable bonds is 3. The van der Waals surface area contributed by atoms with Gasteiger partial charge in [0.2, 0.25) is 0 Å². The summed E-state index contributed by atoms with van der Waals surface area (Å²) in [5, 5.41) is 3.58. The summed E-state index contributed by atoms with van der Waals surface area (Å²) in [4.78, 5) is 4.81. The van der Waals surface area contributed by atoms with E-state index in [-0.39, 0.29) is 0 Å². The van der Waals surface area contributed by atoms with Gasteiger partial charge in [-0.05, 0) is 40.1 Å². The predicted molar refractivity (Wildman–Crippen MR) is 78.3 cm³/mol. The van der Waals surface area contributed by atoms with Crippen molar-refractivity contribution < 1.29 is 0 Å². The lowest BCUT2D eigenvalue weighted by molar-refractivity contribution is 0.317. The Morgan fingerprint density at radius 2 is 1.94 bits per heavy atom. The molecule has 1 fully saturated rings. The molecule has 2 unspecified atom stereocenters. The Morgan fingerprint density at radius 3 is 2.56 bits per heavy atom. The highest BCUT2D eigenvalue weighted by Crippen LogP contribution is 2.20. The van der Waals surface area contributed by atoms with Crippen molar-refractivity contribution in [1.29, 1.82) is 0 Å². The molecule has 0 aliphatic carbocycles. The molecule has 100 valence electrons. The van der Waals surface area contributed by atoms with Gasteiger partial charge in [0.15, 0.2) is 0 Å². The van der Waals surface area contributed by atoms with Gasteiger partial charge in [0.1, 0.15) is 0 Å². The Balaban J connectivity index is 2.16. The standard InChI is InChI=1S/C15H25N3/c1-12-5-7-14(8-6-12)18-10-13(2)16-9-15(18)11-17(3)4/h5-8,13,15-16H,9-11H2,1-4H3. The third-order valence-electron chi connectivity index (χ3n) is 3.55. The van der Waals surface area contributed by atoms with Gasteiger partial charge in [0.05, 0.1) is 6.04 Å². The summed E-state index contributed by atoms with van der Waals surface area (Å²) in [6, 6.07) is 10.0. The van der Waals surface area contributed by atoms with Crippen molar-refractivity contribution >= 4 is 5.69 Å². The Morgan fingerprint density at radius 1 is 1.28 bits per heavy atom. The minimum absolute atomic E-state index is 0.555. The Bertz CT molecular complexity index is 372. The molecule has 0 saturated carbocycles. The lowest BCUT2D eigenvalue weighted by Gasteiger charge is -2.42. The van der Waals surface area contributed by atoms with Gasteiger partial charge >= 0.3 is 0 Å². The molecule has 18 heavy (non-hydrogen) atoms. The van der Waals surface area contributed by atoms with Crippen LogP contribution < -0.4 is 10.2 Å². The third kappa shape index (κ3) is 3.24. The molecular formula is C15H25N3. The highest BCUT2D eigenvalue weighted by atomic mass is 15.3. The Hall–Kier alpha value is -1.06. The molecule has 1 aromatic carbocycles. The second-order valence-corrected chi connectivity index (χ2v) is 5.71. The van der Waals surface area contributed by atoms with E-state index in [9.17, 15) is 0 Å². The summed E-state index contributed by atoms with van der Waals surface area (Å²) in [6.07, 6.45) is 0. The number of anilines is 1. The first-order valence-corrected chi connectivity index (χ1v) is 6.77. The molecule has 1 aliphatic rings. The fourth-order valence-electron chi connectivity index (χ4n) is 2.59. The zero-order valence-corrected chi connectivity index (χ0v) is 12.0. The topological polar surface area (TPSA) is 18.5 Å². The first kappa shape index (κ1) is 13.4. The first-order valence-electron chi connectivity index (χ1n) is 6.77. The summed E-state index contributed by atoms with van der Waals surface area (Å²) >= 11 is 0. The smallest absolute Gasteiger partial charge is 0.0542 e. The normalized spacial score (nSPS) is 24.6. The molecule has 2 rings (SSSR count). The average Bonchev–Trinajstić information content (AvgIpc) is 2.32. The summed E-state index contributed by atoms with van der Waals surface area (Å²) in [5.74, 6) is 0. The molecule has 0 aromatic heterocycles. The summed E-state index contributed by atoms with van der Waals surface area (Å²) in [7, 11) is 4.29. The lowest BCUT2D eigenvalue weighted by Crippen LogP contribution is -2.58. The fourth-order valence-corrected chi connectivity index (χ4v) is 2.59. The maximum Gasteiger partial charge on any atom is 0.0542 e. The molecule has 0 spiro atoms. The molecule has 0 radical (unpaired) electrons. The first-order chi connectivity index (χ1) is 8.56. The van der Waals surface area contributed by atoms with E-state index in [4.69, 9.17) is 0 Å². The van der Waals surface area contributed by atoms with E-state index in [2.05, 4.69) is 67.3 Å². The lowest BCUT2D eigenvalue weighted by atomic mass is 10.1. The van der Waals surface area contributed by atoms with Crippen LogP contribution in [0.5, 0.6) is 0 Å². The Kier molecular flexibility index (Phi) is 4.25. The molecule has 3 nitrogen and oxygen atoms in total. The minimum Gasteiger partial charge on any atom is -0.364 e. The van der Waals surface area contributed by atoms with Crippen LogP contribution in [0.4, 0.5) is 5.69 Å². The van der Waals surface area contributed by atoms with Crippen molar-refractivity contribution in [3.8, 4) is 0 Å². The van der Waals surface area contributed by atoms with Crippen LogP contribution in [0.1, 0.15) is 12.5 Å². The molecule has 2 atom stereocenters. The van der Waals surface area contributed by atoms with Crippen LogP contribution in [0.15, 0.2) is 24.3 Å². The van der Waals surface area contributed by atoms with Crippen molar-refractivity contribution in [2.75, 3.05) is 38.6 Å². The van der Waals surface area contributed by atoms with Gasteiger partial charge in [-0.1, -0.05) is 17.7 Å². The van der Waals surface area contributed by atoms with Crippen molar-refractivity contribution in [3.05, 3.63) is 29.8 Å². The molecule has 1 aromatic rings. The highest BCUT2D eigenvalue weighted by Gasteiger charge is 2.26. The van der Waals surface area contributed by atoms with E-state index >= 15 is 0 Å². The number of aryl methyl sites for hydroxylation is 1. The van der Waals surface area contributed by atoms with Gasteiger partial charge in [-0.3, -0.25) is 0 Å². The number of benzene rings is 1. The summed E-state index contributed by atoms with van der Waals surface area (Å²) in [6.45, 7) is 7.64. The monoisotopic (exact) mass is 247 g/mol. The predicted octanol–water partition coefficient (Wildman–Crippen LogP) is 1.72. The van der Waals surface area contributed by atoms with Crippen LogP contribution in [0.3, 0.4) is 0 Å². The van der Waals surface area contributed by atoms with Gasteiger partial charge in [0.25, 0.3) is 0 Å². The molecule has 1 saturated heterocycles. The van der Waals surface area contributed by atoms with Gasteiger partial charge in [0, 0.05) is 31.4 Å². The number of likely N-dealkylation sites (N-methyl/N-ethyl adjacent to an activating group) is 1. The van der Waals surface area contributed by atoms with Gasteiger partial charge in [-0.15, -0.1) is 0 Å². The van der Waals surface area contributed by atoms with Gasteiger partial charge in [-0.25, -0.2) is 0 Å². The van der Waals surface area contributed by atoms with Crippen molar-refractivity contribution in [2.45, 2.75) is 25.9 Å². The third-order valence-corrected chi connectivity index (χ3v) is 3.55. The van der Waals surface area contributed by atoms with Crippen LogP contribution in [-0.2, 0) is 0 Å². The van der Waals surface area contributed by atoms with E-state index < -0.39 is 0 Å². The summed E-state index contributed by atoms with van der Waals surface area (Å²) in [5.41, 5.74) is 2.67. The molecule has 1 N–H and O–H groups in total. The van der Waals surface area contributed by atoms with Crippen LogP contribution in [0.25, 0.3) is 0 Å². The molecule has 0 amide bonds. The Labute approximate surface area is 111 Å². The van der Waals surface area contributed by atoms with Crippen LogP contribution in [-0.4, -0.2) is 50.7 Å². The van der Waals surface area contributed by atoms with E-state index in [1.54, 1.807) is 0 Å². The number of hydrogen-bond acceptors (Lipinski definition) is 3. The molecule has 1 heterocycles. The van der Waals surface area contributed by atoms with Crippen molar-refractivity contribution in [2.24, 2.45) is 0 Å². The molecule has 1 aliphatic heterocycles. The summed E-state index contributed by atoms with van der Waals surface area (Å²) < 4.78 is 0. The zero-order chi connectivity index (χ0) is 13.1. The maximum absolute atomic E-state index is 3.58. The second kappa shape index (κ2) is 5.72. The zero-order valence-electron chi connectivity index (χ0n) is 12.0. The van der Waals surface area contributed by atoms with Gasteiger partial charge < -0.3 is 15.1 Å². The van der Waals surface area contributed by atoms with Crippen molar-refractivity contribution in [3.63, 3.8) is 0 Å². The highest BCUT2D eigenvalue weighted by molar-refractivity contribution is 5.49. The van der Waals surface area contributed by atoms with E-state index in [0.29, 0.717) is 12.1 Å². The molecule has 0 bridgehead atoms. The van der Waals surface area contributed by atoms with Crippen LogP contribution in [0, 0.1) is 6.92 Å². The largest absolute Gasteiger partial charge is 0.364 e. The second-order valence-electron chi connectivity index (χ2n) is 5.71. The number of nitrogens with zero attached hydrogens (tertiary/aromatic N) is 2. The van der Waals surface area contributed by atoms with E-state index in [0.717, 1.165) is 19.6 Å². The van der Waals surface area contributed by atoms with E-state index in [1.807, 2.05) is 0 Å². The minimum atomic E-state index is 0.555. The number of hydrogen-bond donors (Lipinski definition) is 1. The van der Waals surface area contributed by atoms with Crippen LogP contribution in [0.2, 0.25) is 0 Å². The fraction of sp³-hybridized carbons (Fsp3) is 0.600. The SMILES string of the molecule is Cc1ccc(N2CC(C)NCC2CN(C)C)cc1. The van der Waals surface area contributed by atoms with Crippen LogP contribution >= 0.6 is 0 Å². The molecular weight excluding hydrogens is 222 g/mol. The molecule has 3 heteroatoms. The van der Waals surface area contributed by atoms with E-state index in [1.165, 1.54) is 11.3 Å². The van der Waals surface area contributed by atoms with Crippen molar-refractivity contribution in [1.82, 2.24) is 10.2 Å². The quantitative estimate of drug-likeness (QED) is 0.877.